The molecule has 1 N–H and O–H groups in total. The maximum absolute atomic E-state index is 12.7. The van der Waals surface area contributed by atoms with Gasteiger partial charge in [-0.2, -0.15) is 0 Å². The van der Waals surface area contributed by atoms with Crippen LogP contribution in [-0.2, 0) is 27.7 Å². The van der Waals surface area contributed by atoms with Crippen molar-refractivity contribution in [3.8, 4) is 0 Å². The van der Waals surface area contributed by atoms with Gasteiger partial charge in [-0.15, -0.1) is 11.3 Å². The molecule has 26 heavy (non-hydrogen) atoms. The van der Waals surface area contributed by atoms with Gasteiger partial charge in [-0.1, -0.05) is 25.5 Å². The normalized spacial score (nSPS) is 11.3. The van der Waals surface area contributed by atoms with E-state index in [4.69, 9.17) is 0 Å². The van der Waals surface area contributed by atoms with E-state index in [2.05, 4.69) is 11.6 Å². The third-order valence-electron chi connectivity index (χ3n) is 4.19. The van der Waals surface area contributed by atoms with Crippen molar-refractivity contribution in [2.24, 2.45) is 0 Å². The SMILES string of the molecule is CCCc1ccc(S(=O)(=O)Nc2ccsc2CC(=O)N(CC)CC)cc1. The number of carbonyl (C=O) groups excluding carboxylic acids is 1. The van der Waals surface area contributed by atoms with E-state index in [1.165, 1.54) is 11.3 Å². The highest BCUT2D eigenvalue weighted by Crippen LogP contribution is 2.26. The van der Waals surface area contributed by atoms with E-state index >= 15 is 0 Å². The second kappa shape index (κ2) is 9.19. The summed E-state index contributed by atoms with van der Waals surface area (Å²) in [5.74, 6) is 0.00168. The quantitative estimate of drug-likeness (QED) is 0.701. The summed E-state index contributed by atoms with van der Waals surface area (Å²) in [5.41, 5.74) is 1.60. The molecule has 0 aliphatic rings. The minimum absolute atomic E-state index is 0.00168. The average molecular weight is 395 g/mol. The number of hydrogen-bond donors (Lipinski definition) is 1. The Morgan fingerprint density at radius 2 is 1.73 bits per heavy atom. The third-order valence-corrected chi connectivity index (χ3v) is 6.49. The summed E-state index contributed by atoms with van der Waals surface area (Å²) >= 11 is 1.39. The standard InChI is InChI=1S/C19H26N2O3S2/c1-4-7-15-8-10-16(11-9-15)26(23,24)20-17-12-13-25-18(17)14-19(22)21(5-2)6-3/h8-13,20H,4-7,14H2,1-3H3. The van der Waals surface area contributed by atoms with E-state index in [-0.39, 0.29) is 17.2 Å². The van der Waals surface area contributed by atoms with Crippen LogP contribution in [0, 0.1) is 0 Å². The Labute approximate surface area is 160 Å². The van der Waals surface area contributed by atoms with Crippen LogP contribution < -0.4 is 4.72 Å². The number of benzene rings is 1. The minimum atomic E-state index is -3.67. The van der Waals surface area contributed by atoms with Crippen LogP contribution in [0.5, 0.6) is 0 Å². The number of aryl methyl sites for hydroxylation is 1. The third kappa shape index (κ3) is 5.08. The van der Waals surface area contributed by atoms with E-state index in [1.807, 2.05) is 26.0 Å². The fraction of sp³-hybridized carbons (Fsp3) is 0.421. The number of sulfonamides is 1. The molecule has 0 bridgehead atoms. The molecule has 0 atom stereocenters. The smallest absolute Gasteiger partial charge is 0.261 e. The van der Waals surface area contributed by atoms with Gasteiger partial charge in [-0.25, -0.2) is 8.42 Å². The number of nitrogens with zero attached hydrogens (tertiary/aromatic N) is 1. The molecule has 0 radical (unpaired) electrons. The first-order chi connectivity index (χ1) is 12.4. The zero-order valence-electron chi connectivity index (χ0n) is 15.5. The Kier molecular flexibility index (Phi) is 7.23. The molecule has 142 valence electrons. The van der Waals surface area contributed by atoms with Gasteiger partial charge in [0.1, 0.15) is 0 Å². The van der Waals surface area contributed by atoms with Gasteiger partial charge in [-0.3, -0.25) is 9.52 Å². The highest BCUT2D eigenvalue weighted by molar-refractivity contribution is 7.92. The van der Waals surface area contributed by atoms with E-state index in [0.717, 1.165) is 23.3 Å². The van der Waals surface area contributed by atoms with Crippen LogP contribution in [0.3, 0.4) is 0 Å². The largest absolute Gasteiger partial charge is 0.343 e. The zero-order chi connectivity index (χ0) is 19.2. The predicted molar refractivity (Wildman–Crippen MR) is 107 cm³/mol. The van der Waals surface area contributed by atoms with Crippen molar-refractivity contribution in [2.45, 2.75) is 44.9 Å². The van der Waals surface area contributed by atoms with Gasteiger partial charge in [0.25, 0.3) is 10.0 Å². The van der Waals surface area contributed by atoms with Gasteiger partial charge in [-0.05, 0) is 49.4 Å². The number of carbonyl (C=O) groups is 1. The van der Waals surface area contributed by atoms with Crippen LogP contribution in [0.1, 0.15) is 37.6 Å². The van der Waals surface area contributed by atoms with Crippen molar-refractivity contribution in [3.63, 3.8) is 0 Å². The molecular formula is C19H26N2O3S2. The van der Waals surface area contributed by atoms with Crippen LogP contribution >= 0.6 is 11.3 Å². The monoisotopic (exact) mass is 394 g/mol. The van der Waals surface area contributed by atoms with Crippen molar-refractivity contribution in [1.82, 2.24) is 4.90 Å². The number of anilines is 1. The van der Waals surface area contributed by atoms with Crippen LogP contribution in [0.25, 0.3) is 0 Å². The lowest BCUT2D eigenvalue weighted by atomic mass is 10.1. The molecule has 5 nitrogen and oxygen atoms in total. The van der Waals surface area contributed by atoms with Crippen LogP contribution in [0.15, 0.2) is 40.6 Å². The molecule has 2 aromatic rings. The van der Waals surface area contributed by atoms with E-state index < -0.39 is 10.0 Å². The van der Waals surface area contributed by atoms with Crippen LogP contribution in [0.2, 0.25) is 0 Å². The first-order valence-corrected chi connectivity index (χ1v) is 11.2. The topological polar surface area (TPSA) is 66.5 Å². The number of likely N-dealkylation sites (N-methyl/N-ethyl adjacent to an activating group) is 1. The maximum atomic E-state index is 12.7. The van der Waals surface area contributed by atoms with Crippen molar-refractivity contribution >= 4 is 33.0 Å². The minimum Gasteiger partial charge on any atom is -0.343 e. The van der Waals surface area contributed by atoms with Crippen molar-refractivity contribution in [3.05, 3.63) is 46.2 Å². The van der Waals surface area contributed by atoms with Crippen molar-refractivity contribution in [2.75, 3.05) is 17.8 Å². The summed E-state index contributed by atoms with van der Waals surface area (Å²) in [6.07, 6.45) is 2.14. The molecular weight excluding hydrogens is 368 g/mol. The van der Waals surface area contributed by atoms with E-state index in [9.17, 15) is 13.2 Å². The summed E-state index contributed by atoms with van der Waals surface area (Å²) in [6, 6.07) is 8.65. The number of nitrogens with one attached hydrogen (secondary N) is 1. The summed E-state index contributed by atoms with van der Waals surface area (Å²) in [6.45, 7) is 7.24. The van der Waals surface area contributed by atoms with Crippen LogP contribution in [-0.4, -0.2) is 32.3 Å². The van der Waals surface area contributed by atoms with Crippen molar-refractivity contribution in [1.29, 1.82) is 0 Å². The molecule has 0 aliphatic carbocycles. The Morgan fingerprint density at radius 1 is 1.08 bits per heavy atom. The molecule has 2 rings (SSSR count). The molecule has 0 aliphatic heterocycles. The van der Waals surface area contributed by atoms with Crippen LogP contribution in [0.4, 0.5) is 5.69 Å². The molecule has 7 heteroatoms. The molecule has 1 amide bonds. The Morgan fingerprint density at radius 3 is 2.31 bits per heavy atom. The number of hydrogen-bond acceptors (Lipinski definition) is 4. The number of thiophene rings is 1. The lowest BCUT2D eigenvalue weighted by molar-refractivity contribution is -0.130. The summed E-state index contributed by atoms with van der Waals surface area (Å²) in [5, 5.41) is 1.80. The number of rotatable bonds is 9. The number of amides is 1. The maximum Gasteiger partial charge on any atom is 0.261 e. The molecule has 1 aromatic carbocycles. The Balaban J connectivity index is 2.15. The molecule has 0 saturated carbocycles. The fourth-order valence-electron chi connectivity index (χ4n) is 2.72. The molecule has 0 saturated heterocycles. The zero-order valence-corrected chi connectivity index (χ0v) is 17.1. The van der Waals surface area contributed by atoms with Gasteiger partial charge in [0, 0.05) is 18.0 Å². The molecule has 0 spiro atoms. The molecule has 1 aromatic heterocycles. The van der Waals surface area contributed by atoms with Gasteiger partial charge >= 0.3 is 0 Å². The van der Waals surface area contributed by atoms with E-state index in [1.54, 1.807) is 28.5 Å². The molecule has 1 heterocycles. The van der Waals surface area contributed by atoms with Crippen molar-refractivity contribution < 1.29 is 13.2 Å². The molecule has 0 fully saturated rings. The molecule has 0 unspecified atom stereocenters. The van der Waals surface area contributed by atoms with Gasteiger partial charge < -0.3 is 4.90 Å². The summed E-state index contributed by atoms with van der Waals surface area (Å²) < 4.78 is 27.9. The lowest BCUT2D eigenvalue weighted by Gasteiger charge is -2.18. The lowest BCUT2D eigenvalue weighted by Crippen LogP contribution is -2.31. The second-order valence-corrected chi connectivity index (χ2v) is 8.68. The Hall–Kier alpha value is -1.86. The van der Waals surface area contributed by atoms with E-state index in [0.29, 0.717) is 18.8 Å². The van der Waals surface area contributed by atoms with Gasteiger partial charge in [0.05, 0.1) is 17.0 Å². The second-order valence-electron chi connectivity index (χ2n) is 6.00. The predicted octanol–water partition coefficient (Wildman–Crippen LogP) is 3.91. The van der Waals surface area contributed by atoms with Gasteiger partial charge in [0.15, 0.2) is 0 Å². The van der Waals surface area contributed by atoms with Gasteiger partial charge in [0.2, 0.25) is 5.91 Å². The Bertz CT molecular complexity index is 823. The first kappa shape index (κ1) is 20.5. The summed E-state index contributed by atoms with van der Waals surface area (Å²) in [4.78, 5) is 15.0. The fourth-order valence-corrected chi connectivity index (χ4v) is 4.70. The summed E-state index contributed by atoms with van der Waals surface area (Å²) in [7, 11) is -3.67. The average Bonchev–Trinajstić information content (AvgIpc) is 3.03. The highest BCUT2D eigenvalue weighted by atomic mass is 32.2. The highest BCUT2D eigenvalue weighted by Gasteiger charge is 2.19. The first-order valence-electron chi connectivity index (χ1n) is 8.87.